The molecule has 0 saturated heterocycles. The van der Waals surface area contributed by atoms with Crippen LogP contribution >= 0.6 is 0 Å². The van der Waals surface area contributed by atoms with E-state index in [-0.39, 0.29) is 17.2 Å². The SMILES string of the molecule is CCc1nn(-c2cnc(C(=O)O)cn2)c(CC)c1[N+](=O)[O-]. The van der Waals surface area contributed by atoms with Gasteiger partial charge < -0.3 is 5.11 Å². The van der Waals surface area contributed by atoms with Crippen molar-refractivity contribution in [1.82, 2.24) is 19.7 Å². The molecule has 0 fully saturated rings. The molecular weight excluding hydrogens is 278 g/mol. The van der Waals surface area contributed by atoms with E-state index in [1.54, 1.807) is 13.8 Å². The molecule has 2 rings (SSSR count). The fourth-order valence-electron chi connectivity index (χ4n) is 1.99. The maximum Gasteiger partial charge on any atom is 0.356 e. The van der Waals surface area contributed by atoms with Crippen molar-refractivity contribution in [2.45, 2.75) is 26.7 Å². The summed E-state index contributed by atoms with van der Waals surface area (Å²) in [5.74, 6) is -0.940. The highest BCUT2D eigenvalue weighted by molar-refractivity contribution is 5.84. The predicted octanol–water partition coefficient (Wildman–Crippen LogP) is 1.39. The van der Waals surface area contributed by atoms with E-state index in [9.17, 15) is 14.9 Å². The molecule has 0 aliphatic carbocycles. The molecule has 2 aromatic rings. The topological polar surface area (TPSA) is 124 Å². The predicted molar refractivity (Wildman–Crippen MR) is 71.5 cm³/mol. The second-order valence-electron chi connectivity index (χ2n) is 4.18. The Morgan fingerprint density at radius 3 is 2.48 bits per heavy atom. The summed E-state index contributed by atoms with van der Waals surface area (Å²) < 4.78 is 1.34. The average molecular weight is 291 g/mol. The van der Waals surface area contributed by atoms with Crippen LogP contribution in [0.5, 0.6) is 0 Å². The third kappa shape index (κ3) is 2.57. The normalized spacial score (nSPS) is 10.6. The molecule has 0 aliphatic heterocycles. The minimum Gasteiger partial charge on any atom is -0.476 e. The van der Waals surface area contributed by atoms with E-state index in [1.807, 2.05) is 0 Å². The number of nitrogens with zero attached hydrogens (tertiary/aromatic N) is 5. The molecule has 0 radical (unpaired) electrons. The van der Waals surface area contributed by atoms with E-state index in [2.05, 4.69) is 15.1 Å². The van der Waals surface area contributed by atoms with Gasteiger partial charge in [0.15, 0.2) is 11.5 Å². The molecule has 9 heteroatoms. The summed E-state index contributed by atoms with van der Waals surface area (Å²) in [6.45, 7) is 3.55. The van der Waals surface area contributed by atoms with Crippen LogP contribution in [-0.2, 0) is 12.8 Å². The van der Waals surface area contributed by atoms with E-state index in [1.165, 1.54) is 10.9 Å². The van der Waals surface area contributed by atoms with Crippen molar-refractivity contribution < 1.29 is 14.8 Å². The van der Waals surface area contributed by atoms with E-state index in [0.29, 0.717) is 24.2 Å². The fourth-order valence-corrected chi connectivity index (χ4v) is 1.99. The number of rotatable bonds is 5. The number of aromatic carboxylic acids is 1. The number of hydrogen-bond acceptors (Lipinski definition) is 6. The lowest BCUT2D eigenvalue weighted by atomic mass is 10.2. The van der Waals surface area contributed by atoms with Crippen LogP contribution in [0.3, 0.4) is 0 Å². The van der Waals surface area contributed by atoms with Crippen molar-refractivity contribution in [3.8, 4) is 5.82 Å². The first-order valence-corrected chi connectivity index (χ1v) is 6.30. The summed E-state index contributed by atoms with van der Waals surface area (Å²) in [5.41, 5.74) is 0.550. The number of aromatic nitrogens is 4. The van der Waals surface area contributed by atoms with Crippen molar-refractivity contribution >= 4 is 11.7 Å². The molecule has 9 nitrogen and oxygen atoms in total. The maximum atomic E-state index is 11.2. The van der Waals surface area contributed by atoms with Gasteiger partial charge >= 0.3 is 11.7 Å². The smallest absolute Gasteiger partial charge is 0.356 e. The van der Waals surface area contributed by atoms with Gasteiger partial charge in [-0.2, -0.15) is 5.10 Å². The number of nitro groups is 1. The number of aryl methyl sites for hydroxylation is 1. The van der Waals surface area contributed by atoms with Crippen LogP contribution in [0.2, 0.25) is 0 Å². The van der Waals surface area contributed by atoms with Crippen molar-refractivity contribution in [3.05, 3.63) is 39.6 Å². The van der Waals surface area contributed by atoms with Crippen LogP contribution < -0.4 is 0 Å². The highest BCUT2D eigenvalue weighted by atomic mass is 16.6. The third-order valence-electron chi connectivity index (χ3n) is 2.95. The monoisotopic (exact) mass is 291 g/mol. The Morgan fingerprint density at radius 1 is 1.33 bits per heavy atom. The number of hydrogen-bond donors (Lipinski definition) is 1. The van der Waals surface area contributed by atoms with Crippen LogP contribution in [0.4, 0.5) is 5.69 Å². The zero-order chi connectivity index (χ0) is 15.6. The molecule has 0 atom stereocenters. The van der Waals surface area contributed by atoms with Gasteiger partial charge in [-0.25, -0.2) is 19.4 Å². The lowest BCUT2D eigenvalue weighted by Crippen LogP contribution is -2.08. The van der Waals surface area contributed by atoms with Crippen molar-refractivity contribution in [3.63, 3.8) is 0 Å². The summed E-state index contributed by atoms with van der Waals surface area (Å²) in [5, 5.41) is 24.2. The van der Waals surface area contributed by atoms with Crippen molar-refractivity contribution in [2.75, 3.05) is 0 Å². The highest BCUT2D eigenvalue weighted by Gasteiger charge is 2.26. The second kappa shape index (κ2) is 5.65. The zero-order valence-corrected chi connectivity index (χ0v) is 11.5. The molecule has 110 valence electrons. The minimum absolute atomic E-state index is 0.0240. The first kappa shape index (κ1) is 14.6. The molecule has 0 amide bonds. The quantitative estimate of drug-likeness (QED) is 0.651. The van der Waals surface area contributed by atoms with E-state index < -0.39 is 10.9 Å². The van der Waals surface area contributed by atoms with Gasteiger partial charge in [0.1, 0.15) is 11.4 Å². The van der Waals surface area contributed by atoms with Gasteiger partial charge in [0.05, 0.1) is 17.3 Å². The molecule has 0 unspecified atom stereocenters. The van der Waals surface area contributed by atoms with E-state index in [4.69, 9.17) is 5.11 Å². The second-order valence-corrected chi connectivity index (χ2v) is 4.18. The molecular formula is C12H13N5O4. The van der Waals surface area contributed by atoms with Crippen LogP contribution in [0.25, 0.3) is 5.82 Å². The van der Waals surface area contributed by atoms with Crippen LogP contribution in [0.1, 0.15) is 35.7 Å². The van der Waals surface area contributed by atoms with Gasteiger partial charge in [-0.15, -0.1) is 0 Å². The Morgan fingerprint density at radius 2 is 2.05 bits per heavy atom. The molecule has 0 bridgehead atoms. The Hall–Kier alpha value is -2.84. The first-order valence-electron chi connectivity index (χ1n) is 6.30. The summed E-state index contributed by atoms with van der Waals surface area (Å²) in [6, 6.07) is 0. The van der Waals surface area contributed by atoms with Crippen LogP contribution in [0, 0.1) is 10.1 Å². The van der Waals surface area contributed by atoms with Gasteiger partial charge in [0.25, 0.3) is 0 Å². The average Bonchev–Trinajstić information content (AvgIpc) is 2.86. The number of carbonyl (C=O) groups is 1. The first-order chi connectivity index (χ1) is 9.99. The van der Waals surface area contributed by atoms with E-state index in [0.717, 1.165) is 6.20 Å². The van der Waals surface area contributed by atoms with Gasteiger partial charge in [0.2, 0.25) is 0 Å². The van der Waals surface area contributed by atoms with Gasteiger partial charge in [-0.3, -0.25) is 10.1 Å². The largest absolute Gasteiger partial charge is 0.476 e. The van der Waals surface area contributed by atoms with Gasteiger partial charge in [0, 0.05) is 0 Å². The maximum absolute atomic E-state index is 11.2. The summed E-state index contributed by atoms with van der Waals surface area (Å²) in [4.78, 5) is 29.2. The molecule has 0 aromatic carbocycles. The lowest BCUT2D eigenvalue weighted by Gasteiger charge is -2.03. The summed E-state index contributed by atoms with van der Waals surface area (Å²) >= 11 is 0. The van der Waals surface area contributed by atoms with Crippen LogP contribution in [0.15, 0.2) is 12.4 Å². The number of carboxylic acids is 1. The Kier molecular flexibility index (Phi) is 3.92. The molecule has 0 saturated carbocycles. The van der Waals surface area contributed by atoms with Gasteiger partial charge in [-0.05, 0) is 12.8 Å². The number of carboxylic acid groups (broad SMARTS) is 1. The Bertz CT molecular complexity index is 692. The highest BCUT2D eigenvalue weighted by Crippen LogP contribution is 2.26. The zero-order valence-electron chi connectivity index (χ0n) is 11.5. The van der Waals surface area contributed by atoms with E-state index >= 15 is 0 Å². The molecule has 0 spiro atoms. The van der Waals surface area contributed by atoms with Gasteiger partial charge in [-0.1, -0.05) is 13.8 Å². The van der Waals surface area contributed by atoms with Crippen molar-refractivity contribution in [1.29, 1.82) is 0 Å². The Labute approximate surface area is 119 Å². The summed E-state index contributed by atoms with van der Waals surface area (Å²) in [7, 11) is 0. The lowest BCUT2D eigenvalue weighted by molar-refractivity contribution is -0.386. The molecule has 0 aliphatic rings. The van der Waals surface area contributed by atoms with Crippen LogP contribution in [-0.4, -0.2) is 35.7 Å². The molecule has 21 heavy (non-hydrogen) atoms. The molecule has 1 N–H and O–H groups in total. The minimum atomic E-state index is -1.19. The molecule has 2 heterocycles. The summed E-state index contributed by atoms with van der Waals surface area (Å²) in [6.07, 6.45) is 3.14. The van der Waals surface area contributed by atoms with Crippen molar-refractivity contribution in [2.24, 2.45) is 0 Å². The third-order valence-corrected chi connectivity index (χ3v) is 2.95. The Balaban J connectivity index is 2.58. The molecule has 2 aromatic heterocycles. The fraction of sp³-hybridized carbons (Fsp3) is 0.333. The standard InChI is InChI=1S/C12H13N5O4/c1-3-7-11(17(20)21)9(4-2)16(15-7)10-6-13-8(5-14-10)12(18)19/h5-6H,3-4H2,1-2H3,(H,18,19).